The highest BCUT2D eigenvalue weighted by atomic mass is 35.5. The zero-order valence-electron chi connectivity index (χ0n) is 12.7. The molecule has 3 nitrogen and oxygen atoms in total. The predicted molar refractivity (Wildman–Crippen MR) is 81.2 cm³/mol. The summed E-state index contributed by atoms with van der Waals surface area (Å²) in [6.07, 6.45) is 0.777. The molecule has 0 N–H and O–H groups in total. The Morgan fingerprint density at radius 3 is 2.29 bits per heavy atom. The number of halogens is 1. The van der Waals surface area contributed by atoms with Crippen LogP contribution in [0.25, 0.3) is 0 Å². The summed E-state index contributed by atoms with van der Waals surface area (Å²) >= 11 is 6.36. The number of Topliss-reactive ketones (excluding diaryl/α,β-unsaturated/α-hetero) is 2. The Morgan fingerprint density at radius 1 is 1.14 bits per heavy atom. The number of aryl methyl sites for hydroxylation is 2. The maximum atomic E-state index is 13.1. The Balaban J connectivity index is 2.18. The molecule has 3 atom stereocenters. The van der Waals surface area contributed by atoms with Crippen molar-refractivity contribution in [3.8, 4) is 5.75 Å². The molecule has 1 aromatic carbocycles. The molecule has 0 radical (unpaired) electrons. The summed E-state index contributed by atoms with van der Waals surface area (Å²) in [5.41, 5.74) is 1.46. The van der Waals surface area contributed by atoms with Gasteiger partial charge in [-0.2, -0.15) is 0 Å². The maximum Gasteiger partial charge on any atom is 0.210 e. The predicted octanol–water partition coefficient (Wildman–Crippen LogP) is 3.91. The molecule has 4 heteroatoms. The molecule has 0 amide bonds. The van der Waals surface area contributed by atoms with E-state index in [1.807, 2.05) is 33.8 Å². The van der Waals surface area contributed by atoms with Crippen LogP contribution in [0.15, 0.2) is 6.07 Å². The van der Waals surface area contributed by atoms with Crippen molar-refractivity contribution in [1.29, 1.82) is 0 Å². The van der Waals surface area contributed by atoms with Crippen molar-refractivity contribution in [3.63, 3.8) is 0 Å². The molecule has 1 saturated carbocycles. The number of carbonyl (C=O) groups excluding carboxylic acids is 2. The lowest BCUT2D eigenvalue weighted by Gasteiger charge is -2.41. The molecule has 21 heavy (non-hydrogen) atoms. The minimum Gasteiger partial charge on any atom is -0.476 e. The molecule has 3 rings (SSSR count). The van der Waals surface area contributed by atoms with Crippen molar-refractivity contribution in [2.24, 2.45) is 11.8 Å². The minimum absolute atomic E-state index is 0.00981. The van der Waals surface area contributed by atoms with Crippen LogP contribution in [0.5, 0.6) is 5.75 Å². The highest BCUT2D eigenvalue weighted by molar-refractivity contribution is 6.34. The minimum atomic E-state index is -0.932. The van der Waals surface area contributed by atoms with Gasteiger partial charge in [-0.15, -0.1) is 0 Å². The standard InChI is InChI=1S/C17H19ClO3/c1-8-5-9(2)14(18)15-13(8)16(20)17(21-15)10(3)6-12(19)7-11(17)4/h5,10-11H,6-7H2,1-4H3/t10-,11?,17-/m0/s1. The lowest BCUT2D eigenvalue weighted by Crippen LogP contribution is -2.55. The second kappa shape index (κ2) is 4.57. The van der Waals surface area contributed by atoms with Crippen LogP contribution in [0.3, 0.4) is 0 Å². The van der Waals surface area contributed by atoms with Gasteiger partial charge in [0.1, 0.15) is 5.78 Å². The summed E-state index contributed by atoms with van der Waals surface area (Å²) in [5, 5.41) is 0.511. The lowest BCUT2D eigenvalue weighted by atomic mass is 9.66. The number of hydrogen-bond acceptors (Lipinski definition) is 3. The maximum absolute atomic E-state index is 13.1. The Kier molecular flexibility index (Phi) is 3.17. The first-order chi connectivity index (χ1) is 9.79. The second-order valence-electron chi connectivity index (χ2n) is 6.50. The number of carbonyl (C=O) groups is 2. The number of hydrogen-bond donors (Lipinski definition) is 0. The monoisotopic (exact) mass is 306 g/mol. The molecule has 1 unspecified atom stereocenters. The van der Waals surface area contributed by atoms with Crippen molar-refractivity contribution < 1.29 is 14.3 Å². The summed E-state index contributed by atoms with van der Waals surface area (Å²) in [6, 6.07) is 1.92. The van der Waals surface area contributed by atoms with Gasteiger partial charge in [-0.3, -0.25) is 9.59 Å². The molecule has 1 fully saturated rings. The van der Waals surface area contributed by atoms with Gasteiger partial charge in [-0.25, -0.2) is 0 Å². The third-order valence-electron chi connectivity index (χ3n) is 4.98. The van der Waals surface area contributed by atoms with E-state index in [9.17, 15) is 9.59 Å². The zero-order valence-corrected chi connectivity index (χ0v) is 13.5. The van der Waals surface area contributed by atoms with E-state index < -0.39 is 5.60 Å². The second-order valence-corrected chi connectivity index (χ2v) is 6.88. The van der Waals surface area contributed by atoms with Crippen molar-refractivity contribution in [3.05, 3.63) is 27.8 Å². The molecular weight excluding hydrogens is 288 g/mol. The summed E-state index contributed by atoms with van der Waals surface area (Å²) in [4.78, 5) is 24.9. The fraction of sp³-hybridized carbons (Fsp3) is 0.529. The van der Waals surface area contributed by atoms with Gasteiger partial charge in [-0.1, -0.05) is 31.5 Å². The lowest BCUT2D eigenvalue weighted by molar-refractivity contribution is -0.129. The number of benzene rings is 1. The zero-order chi connectivity index (χ0) is 15.5. The van der Waals surface area contributed by atoms with E-state index in [-0.39, 0.29) is 23.4 Å². The molecule has 1 spiro atoms. The van der Waals surface area contributed by atoms with Gasteiger partial charge in [0.25, 0.3) is 0 Å². The van der Waals surface area contributed by atoms with Crippen LogP contribution in [-0.4, -0.2) is 17.2 Å². The average Bonchev–Trinajstić information content (AvgIpc) is 2.69. The molecule has 0 saturated heterocycles. The third kappa shape index (κ3) is 1.80. The summed E-state index contributed by atoms with van der Waals surface area (Å²) in [5.74, 6) is 0.428. The molecule has 0 bridgehead atoms. The van der Waals surface area contributed by atoms with Gasteiger partial charge in [0.05, 0.1) is 10.6 Å². The molecule has 2 aliphatic rings. The summed E-state index contributed by atoms with van der Waals surface area (Å²) in [6.45, 7) is 7.67. The molecule has 112 valence electrons. The smallest absolute Gasteiger partial charge is 0.210 e. The van der Waals surface area contributed by atoms with E-state index >= 15 is 0 Å². The van der Waals surface area contributed by atoms with Crippen LogP contribution in [0.4, 0.5) is 0 Å². The molecule has 1 heterocycles. The van der Waals surface area contributed by atoms with Crippen molar-refractivity contribution in [2.45, 2.75) is 46.1 Å². The van der Waals surface area contributed by atoms with Gasteiger partial charge in [0, 0.05) is 24.7 Å². The molecule has 0 aromatic heterocycles. The first-order valence-corrected chi connectivity index (χ1v) is 7.72. The third-order valence-corrected chi connectivity index (χ3v) is 5.45. The fourth-order valence-corrected chi connectivity index (χ4v) is 4.11. The van der Waals surface area contributed by atoms with Gasteiger partial charge < -0.3 is 4.74 Å². The molecular formula is C17H19ClO3. The highest BCUT2D eigenvalue weighted by Gasteiger charge is 2.59. The Hall–Kier alpha value is -1.35. The van der Waals surface area contributed by atoms with E-state index in [0.29, 0.717) is 29.2 Å². The van der Waals surface area contributed by atoms with Crippen LogP contribution in [0, 0.1) is 25.7 Å². The Morgan fingerprint density at radius 2 is 1.71 bits per heavy atom. The largest absolute Gasteiger partial charge is 0.476 e. The normalized spacial score (nSPS) is 31.5. The quantitative estimate of drug-likeness (QED) is 0.730. The van der Waals surface area contributed by atoms with Crippen molar-refractivity contribution in [1.82, 2.24) is 0 Å². The van der Waals surface area contributed by atoms with Crippen molar-refractivity contribution in [2.75, 3.05) is 0 Å². The van der Waals surface area contributed by atoms with Crippen LogP contribution < -0.4 is 4.74 Å². The van der Waals surface area contributed by atoms with Crippen molar-refractivity contribution >= 4 is 23.2 Å². The highest BCUT2D eigenvalue weighted by Crippen LogP contribution is 2.51. The van der Waals surface area contributed by atoms with Crippen LogP contribution in [0.2, 0.25) is 5.02 Å². The number of ether oxygens (including phenoxy) is 1. The average molecular weight is 307 g/mol. The van der Waals surface area contributed by atoms with Gasteiger partial charge in [-0.05, 0) is 25.0 Å². The van der Waals surface area contributed by atoms with E-state index in [1.165, 1.54) is 0 Å². The topological polar surface area (TPSA) is 43.4 Å². The van der Waals surface area contributed by atoms with Gasteiger partial charge in [0.2, 0.25) is 5.78 Å². The number of ketones is 2. The Bertz CT molecular complexity index is 648. The van der Waals surface area contributed by atoms with Gasteiger partial charge in [0.15, 0.2) is 11.4 Å². The number of rotatable bonds is 0. The van der Waals surface area contributed by atoms with Crippen LogP contribution in [0.1, 0.15) is 48.2 Å². The molecule has 1 aliphatic carbocycles. The SMILES string of the molecule is Cc1cc(C)c2c(c1Cl)O[C@]1(C2=O)C(C)CC(=O)C[C@@H]1C. The van der Waals surface area contributed by atoms with E-state index in [1.54, 1.807) is 0 Å². The van der Waals surface area contributed by atoms with E-state index in [0.717, 1.165) is 11.1 Å². The summed E-state index contributed by atoms with van der Waals surface area (Å²) in [7, 11) is 0. The number of fused-ring (bicyclic) bond motifs is 1. The molecule has 1 aliphatic heterocycles. The fourth-order valence-electron chi connectivity index (χ4n) is 3.92. The van der Waals surface area contributed by atoms with E-state index in [4.69, 9.17) is 16.3 Å². The summed E-state index contributed by atoms with van der Waals surface area (Å²) < 4.78 is 6.18. The first-order valence-electron chi connectivity index (χ1n) is 7.34. The molecule has 1 aromatic rings. The first kappa shape index (κ1) is 14.6. The van der Waals surface area contributed by atoms with Gasteiger partial charge >= 0.3 is 0 Å². The van der Waals surface area contributed by atoms with E-state index in [2.05, 4.69) is 0 Å². The Labute approximate surface area is 129 Å². The van der Waals surface area contributed by atoms with Crippen LogP contribution >= 0.6 is 11.6 Å². The van der Waals surface area contributed by atoms with Crippen LogP contribution in [-0.2, 0) is 4.79 Å².